The van der Waals surface area contributed by atoms with Gasteiger partial charge in [0.25, 0.3) is 0 Å². The maximum atomic E-state index is 11.9. The number of likely N-dealkylation sites (N-methyl/N-ethyl adjacent to an activating group) is 1. The lowest BCUT2D eigenvalue weighted by atomic mass is 10.2. The molecule has 3 aromatic rings. The van der Waals surface area contributed by atoms with Gasteiger partial charge < -0.3 is 34.9 Å². The summed E-state index contributed by atoms with van der Waals surface area (Å²) in [5.74, 6) is 1.82. The molecule has 1 aromatic heterocycles. The molecular weight excluding hydrogens is 474 g/mol. The van der Waals surface area contributed by atoms with Gasteiger partial charge >= 0.3 is 6.03 Å². The zero-order chi connectivity index (χ0) is 25.2. The number of aliphatic hydroxyl groups is 1. The van der Waals surface area contributed by atoms with Gasteiger partial charge in [0.2, 0.25) is 5.88 Å². The summed E-state index contributed by atoms with van der Waals surface area (Å²) in [7, 11) is 3.46. The second kappa shape index (κ2) is 12.9. The van der Waals surface area contributed by atoms with Crippen LogP contribution in [-0.2, 0) is 0 Å². The molecule has 188 valence electrons. The number of nitrogens with zero attached hydrogens (tertiary/aromatic N) is 3. The molecular formula is C24H30ClN5O5. The Morgan fingerprint density at radius 3 is 2.71 bits per heavy atom. The predicted molar refractivity (Wildman–Crippen MR) is 135 cm³/mol. The van der Waals surface area contributed by atoms with E-state index in [1.807, 2.05) is 18.9 Å². The first kappa shape index (κ1) is 26.3. The third-order valence-electron chi connectivity index (χ3n) is 5.04. The van der Waals surface area contributed by atoms with Crippen molar-refractivity contribution in [1.82, 2.24) is 20.2 Å². The number of anilines is 1. The molecule has 2 amide bonds. The number of nitrogens with one attached hydrogen (secondary N) is 2. The average molecular weight is 504 g/mol. The summed E-state index contributed by atoms with van der Waals surface area (Å²) in [6.07, 6.45) is 2.24. The van der Waals surface area contributed by atoms with Crippen molar-refractivity contribution in [1.29, 1.82) is 0 Å². The van der Waals surface area contributed by atoms with Crippen LogP contribution in [-0.4, -0.2) is 73.0 Å². The van der Waals surface area contributed by atoms with E-state index in [-0.39, 0.29) is 12.6 Å². The van der Waals surface area contributed by atoms with Crippen LogP contribution < -0.4 is 24.8 Å². The number of benzene rings is 2. The van der Waals surface area contributed by atoms with E-state index in [1.54, 1.807) is 37.4 Å². The van der Waals surface area contributed by atoms with Gasteiger partial charge in [0, 0.05) is 31.8 Å². The van der Waals surface area contributed by atoms with Crippen LogP contribution in [0.5, 0.6) is 23.1 Å². The minimum atomic E-state index is -0.325. The number of rotatable bonds is 12. The molecule has 0 atom stereocenters. The number of hydrogen-bond donors (Lipinski definition) is 3. The van der Waals surface area contributed by atoms with E-state index in [4.69, 9.17) is 30.9 Å². The Bertz CT molecular complexity index is 1150. The van der Waals surface area contributed by atoms with E-state index in [0.29, 0.717) is 71.0 Å². The van der Waals surface area contributed by atoms with Crippen LogP contribution in [0.1, 0.15) is 13.3 Å². The zero-order valence-corrected chi connectivity index (χ0v) is 20.8. The largest absolute Gasteiger partial charge is 0.493 e. The minimum absolute atomic E-state index is 0.0915. The number of aromatic nitrogens is 2. The molecule has 2 aromatic carbocycles. The first-order valence-corrected chi connectivity index (χ1v) is 11.6. The van der Waals surface area contributed by atoms with Gasteiger partial charge in [-0.3, -0.25) is 0 Å². The second-order valence-corrected chi connectivity index (χ2v) is 8.11. The van der Waals surface area contributed by atoms with Crippen LogP contribution >= 0.6 is 11.6 Å². The Kier molecular flexibility index (Phi) is 9.71. The summed E-state index contributed by atoms with van der Waals surface area (Å²) in [4.78, 5) is 22.5. The molecule has 10 nitrogen and oxygen atoms in total. The van der Waals surface area contributed by atoms with E-state index in [2.05, 4.69) is 20.6 Å². The molecule has 11 heteroatoms. The summed E-state index contributed by atoms with van der Waals surface area (Å²) >= 11 is 6.34. The highest BCUT2D eigenvalue weighted by Crippen LogP contribution is 2.37. The van der Waals surface area contributed by atoms with Crippen molar-refractivity contribution in [2.45, 2.75) is 13.3 Å². The lowest BCUT2D eigenvalue weighted by molar-refractivity contribution is 0.190. The highest BCUT2D eigenvalue weighted by atomic mass is 35.5. The van der Waals surface area contributed by atoms with Crippen molar-refractivity contribution in [3.05, 3.63) is 41.7 Å². The summed E-state index contributed by atoms with van der Waals surface area (Å²) in [5.41, 5.74) is 1.08. The number of amides is 2. The molecule has 0 radical (unpaired) electrons. The van der Waals surface area contributed by atoms with Crippen molar-refractivity contribution >= 4 is 34.2 Å². The fourth-order valence-electron chi connectivity index (χ4n) is 3.17. The topological polar surface area (TPSA) is 118 Å². The van der Waals surface area contributed by atoms with Crippen LogP contribution in [0.15, 0.2) is 36.7 Å². The SMILES string of the molecule is CCCNC(=O)Nc1ccc(Oc2ncnc3cc(OCCN(C)CCO)c(OC)cc23)cc1Cl. The quantitative estimate of drug-likeness (QED) is 0.340. The number of carbonyl (C=O) groups excluding carboxylic acids is 1. The Labute approximate surface area is 209 Å². The van der Waals surface area contributed by atoms with Gasteiger partial charge in [-0.05, 0) is 31.7 Å². The van der Waals surface area contributed by atoms with E-state index in [1.165, 1.54) is 6.33 Å². The number of carbonyl (C=O) groups is 1. The maximum Gasteiger partial charge on any atom is 0.319 e. The van der Waals surface area contributed by atoms with Gasteiger partial charge in [-0.25, -0.2) is 14.8 Å². The van der Waals surface area contributed by atoms with Gasteiger partial charge in [-0.2, -0.15) is 0 Å². The predicted octanol–water partition coefficient (Wildman–Crippen LogP) is 3.92. The van der Waals surface area contributed by atoms with Crippen molar-refractivity contribution in [3.63, 3.8) is 0 Å². The summed E-state index contributed by atoms with van der Waals surface area (Å²) in [6, 6.07) is 8.15. The fourth-order valence-corrected chi connectivity index (χ4v) is 3.38. The number of urea groups is 1. The van der Waals surface area contributed by atoms with Crippen LogP contribution in [0.3, 0.4) is 0 Å². The normalized spacial score (nSPS) is 10.9. The molecule has 0 aliphatic rings. The lowest BCUT2D eigenvalue weighted by Gasteiger charge is -2.17. The van der Waals surface area contributed by atoms with Crippen molar-refractivity contribution in [2.75, 3.05) is 52.3 Å². The lowest BCUT2D eigenvalue weighted by Crippen LogP contribution is -2.29. The minimum Gasteiger partial charge on any atom is -0.493 e. The Balaban J connectivity index is 1.77. The molecule has 0 unspecified atom stereocenters. The molecule has 0 spiro atoms. The molecule has 1 heterocycles. The Morgan fingerprint density at radius 2 is 2.00 bits per heavy atom. The van der Waals surface area contributed by atoms with Crippen molar-refractivity contribution in [2.24, 2.45) is 0 Å². The third-order valence-corrected chi connectivity index (χ3v) is 5.35. The molecule has 0 fully saturated rings. The summed E-state index contributed by atoms with van der Waals surface area (Å²) < 4.78 is 17.4. The fraction of sp³-hybridized carbons (Fsp3) is 0.375. The van der Waals surface area contributed by atoms with Crippen molar-refractivity contribution < 1.29 is 24.1 Å². The van der Waals surface area contributed by atoms with Crippen LogP contribution in [0.4, 0.5) is 10.5 Å². The molecule has 0 aliphatic carbocycles. The molecule has 0 aliphatic heterocycles. The molecule has 0 saturated carbocycles. The second-order valence-electron chi connectivity index (χ2n) is 7.70. The van der Waals surface area contributed by atoms with E-state index < -0.39 is 0 Å². The zero-order valence-electron chi connectivity index (χ0n) is 20.0. The first-order chi connectivity index (χ1) is 16.9. The summed E-state index contributed by atoms with van der Waals surface area (Å²) in [6.45, 7) is 4.27. The van der Waals surface area contributed by atoms with E-state index >= 15 is 0 Å². The van der Waals surface area contributed by atoms with Crippen molar-refractivity contribution in [3.8, 4) is 23.1 Å². The standard InChI is InChI=1S/C24H30ClN5O5/c1-4-7-26-24(32)29-19-6-5-16(12-18(19)25)35-23-17-13-21(33-3)22(14-20(17)27-15-28-23)34-11-9-30(2)8-10-31/h5-6,12-15,31H,4,7-11H2,1-3H3,(H2,26,29,32). The molecule has 0 saturated heterocycles. The van der Waals surface area contributed by atoms with E-state index in [0.717, 1.165) is 6.42 Å². The number of ether oxygens (including phenoxy) is 3. The van der Waals surface area contributed by atoms with E-state index in [9.17, 15) is 4.79 Å². The smallest absolute Gasteiger partial charge is 0.319 e. The molecule has 0 bridgehead atoms. The average Bonchev–Trinajstić information content (AvgIpc) is 2.84. The molecule has 3 N–H and O–H groups in total. The molecule has 35 heavy (non-hydrogen) atoms. The summed E-state index contributed by atoms with van der Waals surface area (Å²) in [5, 5.41) is 15.4. The Morgan fingerprint density at radius 1 is 1.17 bits per heavy atom. The number of aliphatic hydroxyl groups excluding tert-OH is 1. The van der Waals surface area contributed by atoms with Gasteiger partial charge in [0.15, 0.2) is 11.5 Å². The van der Waals surface area contributed by atoms with Gasteiger partial charge in [0.1, 0.15) is 18.7 Å². The number of hydrogen-bond acceptors (Lipinski definition) is 8. The number of fused-ring (bicyclic) bond motifs is 1. The molecule has 3 rings (SSSR count). The van der Waals surface area contributed by atoms with Gasteiger partial charge in [-0.15, -0.1) is 0 Å². The van der Waals surface area contributed by atoms with Gasteiger partial charge in [0.05, 0.1) is 35.3 Å². The Hall–Kier alpha value is -3.34. The number of methoxy groups -OCH3 is 1. The maximum absolute atomic E-state index is 11.9. The third kappa shape index (κ3) is 7.32. The van der Waals surface area contributed by atoms with Crippen LogP contribution in [0.2, 0.25) is 5.02 Å². The van der Waals surface area contributed by atoms with Crippen LogP contribution in [0, 0.1) is 0 Å². The van der Waals surface area contributed by atoms with Crippen LogP contribution in [0.25, 0.3) is 10.9 Å². The highest BCUT2D eigenvalue weighted by molar-refractivity contribution is 6.33. The highest BCUT2D eigenvalue weighted by Gasteiger charge is 2.14. The monoisotopic (exact) mass is 503 g/mol. The number of halogens is 1. The van der Waals surface area contributed by atoms with Gasteiger partial charge in [-0.1, -0.05) is 18.5 Å². The first-order valence-electron chi connectivity index (χ1n) is 11.2.